The Morgan fingerprint density at radius 2 is 0.714 bits per heavy atom. The molecule has 0 aromatic heterocycles. The zero-order valence-electron chi connectivity index (χ0n) is 2.29. The molecule has 0 saturated carbocycles. The summed E-state index contributed by atoms with van der Waals surface area (Å²) in [5, 5.41) is 0. The zero-order valence-corrected chi connectivity index (χ0v) is 3.29. The van der Waals surface area contributed by atoms with E-state index in [2.05, 4.69) is 0 Å². The van der Waals surface area contributed by atoms with Gasteiger partial charge in [0.1, 0.15) is 0 Å². The fourth-order valence-electron chi connectivity index (χ4n) is 0. The maximum atomic E-state index is 7.33. The summed E-state index contributed by atoms with van der Waals surface area (Å²) in [5.41, 5.74) is 0. The second-order valence-corrected chi connectivity index (χ2v) is 1.80. The molecule has 0 unspecified atom stereocenters. The summed E-state index contributed by atoms with van der Waals surface area (Å²) in [5.74, 6) is 0. The van der Waals surface area contributed by atoms with Crippen molar-refractivity contribution >= 4 is 46.8 Å². The maximum absolute atomic E-state index is 7.33. The van der Waals surface area contributed by atoms with Gasteiger partial charge in [0.15, 0.2) is 0 Å². The van der Waals surface area contributed by atoms with Gasteiger partial charge < -0.3 is 19.2 Å². The van der Waals surface area contributed by atoms with E-state index in [1.165, 1.54) is 0 Å². The monoisotopic (exact) mass is 112 g/mol. The molecule has 0 atom stereocenters. The minimum atomic E-state index is -4.61. The van der Waals surface area contributed by atoms with Crippen LogP contribution in [-0.2, 0) is 0 Å². The summed E-state index contributed by atoms with van der Waals surface area (Å²) in [6, 6.07) is 0. The van der Waals surface area contributed by atoms with Crippen LogP contribution in [0.15, 0.2) is 0 Å². The van der Waals surface area contributed by atoms with Crippen LogP contribution in [0.25, 0.3) is 0 Å². The summed E-state index contributed by atoms with van der Waals surface area (Å²) in [6.45, 7) is 0. The molecule has 7 heavy (non-hydrogen) atoms. The molecule has 0 aromatic carbocycles. The van der Waals surface area contributed by atoms with Gasteiger partial charge in [-0.1, -0.05) is 0 Å². The number of hydrogen-bond donors (Lipinski definition) is 4. The summed E-state index contributed by atoms with van der Waals surface area (Å²) >= 11 is 0. The second-order valence-electron chi connectivity index (χ2n) is 0.600. The molecule has 0 heterocycles. The van der Waals surface area contributed by atoms with Crippen molar-refractivity contribution in [3.8, 4) is 0 Å². The van der Waals surface area contributed by atoms with E-state index in [4.69, 9.17) is 19.2 Å². The van der Waals surface area contributed by atoms with Gasteiger partial charge in [-0.25, -0.2) is 0 Å². The average Bonchev–Trinajstić information content (AvgIpc) is 0.722. The van der Waals surface area contributed by atoms with Crippen molar-refractivity contribution in [2.75, 3.05) is 0 Å². The van der Waals surface area contributed by atoms with Crippen LogP contribution >= 0.6 is 0 Å². The Kier molecular flexibility index (Phi) is 12.1. The fourth-order valence-corrected chi connectivity index (χ4v) is 0. The Morgan fingerprint density at radius 3 is 0.714 bits per heavy atom. The van der Waals surface area contributed by atoms with Crippen molar-refractivity contribution in [2.24, 2.45) is 0 Å². The molecule has 0 aliphatic rings. The Balaban J connectivity index is -0.0000000800. The third kappa shape index (κ3) is 128. The van der Waals surface area contributed by atoms with E-state index in [0.29, 0.717) is 0 Å². The van der Waals surface area contributed by atoms with Gasteiger partial charge in [-0.3, -0.25) is 0 Å². The van der Waals surface area contributed by atoms with Gasteiger partial charge in [-0.05, 0) is 0 Å². The van der Waals surface area contributed by atoms with Crippen LogP contribution in [0.2, 0.25) is 0 Å². The normalized spacial score (nSPS) is 8.57. The van der Waals surface area contributed by atoms with Crippen molar-refractivity contribution in [3.05, 3.63) is 0 Å². The van der Waals surface area contributed by atoms with Gasteiger partial charge in [0, 0.05) is 0 Å². The predicted octanol–water partition coefficient (Wildman–Crippen LogP) is -3.91. The molecule has 0 aliphatic heterocycles. The van der Waals surface area contributed by atoms with Gasteiger partial charge in [-0.2, -0.15) is 0 Å². The number of hydrogen-bond acceptors (Lipinski definition) is 4. The molecule has 0 rings (SSSR count). The molecular weight excluding hydrogens is 106 g/mol. The molecule has 4 N–H and O–H groups in total. The van der Waals surface area contributed by atoms with Crippen LogP contribution in [0.1, 0.15) is 0 Å². The van der Waals surface area contributed by atoms with E-state index in [-0.39, 0.29) is 37.7 Å². The van der Waals surface area contributed by atoms with E-state index in [1.54, 1.807) is 0 Å². The predicted molar refractivity (Wildman–Crippen MR) is 28.9 cm³/mol. The van der Waals surface area contributed by atoms with Gasteiger partial charge in [0.2, 0.25) is 0 Å². The van der Waals surface area contributed by atoms with E-state index < -0.39 is 9.05 Å². The Hall–Kier alpha value is 1.25. The minimum absolute atomic E-state index is 0. The van der Waals surface area contributed by atoms with Gasteiger partial charge in [0.25, 0.3) is 0 Å². The molecule has 0 aromatic rings. The molecule has 36 valence electrons. The molecule has 0 spiro atoms. The van der Waals surface area contributed by atoms with E-state index in [0.717, 1.165) is 0 Å². The zero-order chi connectivity index (χ0) is 4.50. The SMILES string of the molecule is O[Si](O)(O)O.[LiH].[LiH]. The summed E-state index contributed by atoms with van der Waals surface area (Å²) in [7, 11) is -4.61. The third-order valence-corrected chi connectivity index (χ3v) is 0. The molecule has 0 radical (unpaired) electrons. The van der Waals surface area contributed by atoms with Crippen LogP contribution < -0.4 is 0 Å². The Labute approximate surface area is 66.0 Å². The first-order valence-electron chi connectivity index (χ1n) is 0.894. The molecule has 0 amide bonds. The second kappa shape index (κ2) is 5.39. The van der Waals surface area contributed by atoms with Crippen molar-refractivity contribution < 1.29 is 19.2 Å². The first-order chi connectivity index (χ1) is 2.00. The average molecular weight is 112 g/mol. The molecule has 0 aliphatic carbocycles. The molecule has 0 bridgehead atoms. The topological polar surface area (TPSA) is 80.9 Å². The molecule has 7 heteroatoms. The van der Waals surface area contributed by atoms with Crippen LogP contribution in [0, 0.1) is 0 Å². The first-order valence-corrected chi connectivity index (χ1v) is 2.68. The van der Waals surface area contributed by atoms with Crippen LogP contribution in [0.4, 0.5) is 0 Å². The molecule has 4 nitrogen and oxygen atoms in total. The van der Waals surface area contributed by atoms with E-state index >= 15 is 0 Å². The van der Waals surface area contributed by atoms with Gasteiger partial charge in [0.05, 0.1) is 0 Å². The Bertz CT molecular complexity index is 25.2. The van der Waals surface area contributed by atoms with Crippen molar-refractivity contribution in [2.45, 2.75) is 0 Å². The summed E-state index contributed by atoms with van der Waals surface area (Å²) in [6.07, 6.45) is 0. The summed E-state index contributed by atoms with van der Waals surface area (Å²) in [4.78, 5) is 29.3. The standard InChI is InChI=1S/2Li.H4O4Si.2H/c;;1-5(2,3)4;;/h;;1-4H;;. The van der Waals surface area contributed by atoms with Crippen molar-refractivity contribution in [1.29, 1.82) is 0 Å². The molecule has 0 saturated heterocycles. The first kappa shape index (κ1) is 15.7. The van der Waals surface area contributed by atoms with Crippen LogP contribution in [0.3, 0.4) is 0 Å². The van der Waals surface area contributed by atoms with E-state index in [1.807, 2.05) is 0 Å². The molecule has 0 fully saturated rings. The summed E-state index contributed by atoms with van der Waals surface area (Å²) < 4.78 is 0. The van der Waals surface area contributed by atoms with Crippen LogP contribution in [-0.4, -0.2) is 66.0 Å². The van der Waals surface area contributed by atoms with Gasteiger partial charge in [-0.15, -0.1) is 0 Å². The van der Waals surface area contributed by atoms with Crippen LogP contribution in [0.5, 0.6) is 0 Å². The van der Waals surface area contributed by atoms with Gasteiger partial charge >= 0.3 is 46.8 Å². The third-order valence-electron chi connectivity index (χ3n) is 0. The fraction of sp³-hybridized carbons (Fsp3) is 0. The van der Waals surface area contributed by atoms with Crippen molar-refractivity contribution in [3.63, 3.8) is 0 Å². The quantitative estimate of drug-likeness (QED) is 0.241. The van der Waals surface area contributed by atoms with Crippen molar-refractivity contribution in [1.82, 2.24) is 0 Å². The Morgan fingerprint density at radius 1 is 0.714 bits per heavy atom. The van der Waals surface area contributed by atoms with E-state index in [9.17, 15) is 0 Å². The number of rotatable bonds is 0. The molecular formula is H6Li2O4Si.